The van der Waals surface area contributed by atoms with Crippen molar-refractivity contribution < 1.29 is 13.2 Å². The highest BCUT2D eigenvalue weighted by Crippen LogP contribution is 2.29. The van der Waals surface area contributed by atoms with Crippen LogP contribution in [0, 0.1) is 0 Å². The topological polar surface area (TPSA) is 29.3 Å². The van der Waals surface area contributed by atoms with Crippen LogP contribution in [0.3, 0.4) is 0 Å². The van der Waals surface area contributed by atoms with Gasteiger partial charge in [-0.05, 0) is 24.7 Å². The molecule has 6 heteroatoms. The lowest BCUT2D eigenvalue weighted by molar-refractivity contribution is -0.0328. The van der Waals surface area contributed by atoms with Crippen molar-refractivity contribution in [2.75, 3.05) is 25.4 Å². The van der Waals surface area contributed by atoms with Crippen LogP contribution in [0.5, 0.6) is 0 Å². The van der Waals surface area contributed by atoms with E-state index in [0.717, 1.165) is 19.5 Å². The highest BCUT2D eigenvalue weighted by atomic mass is 32.2. The summed E-state index contributed by atoms with van der Waals surface area (Å²) in [4.78, 5) is 1.98. The van der Waals surface area contributed by atoms with E-state index in [0.29, 0.717) is 6.54 Å². The zero-order valence-electron chi connectivity index (χ0n) is 7.18. The molecule has 1 rings (SSSR count). The molecule has 1 aliphatic heterocycles. The first-order valence-electron chi connectivity index (χ1n) is 4.16. The van der Waals surface area contributed by atoms with Gasteiger partial charge in [0.25, 0.3) is 0 Å². The van der Waals surface area contributed by atoms with Gasteiger partial charge in [-0.15, -0.1) is 0 Å². The van der Waals surface area contributed by atoms with Gasteiger partial charge in [0.15, 0.2) is 0 Å². The lowest BCUT2D eigenvalue weighted by Crippen LogP contribution is -2.28. The Kier molecular flexibility index (Phi) is 3.87. The first-order chi connectivity index (χ1) is 5.97. The summed E-state index contributed by atoms with van der Waals surface area (Å²) < 4.78 is 35.2. The van der Waals surface area contributed by atoms with E-state index in [1.807, 2.05) is 4.90 Å². The van der Waals surface area contributed by atoms with Gasteiger partial charge in [0.2, 0.25) is 0 Å². The molecular formula is C7H13F3N2S. The van der Waals surface area contributed by atoms with Crippen LogP contribution in [-0.4, -0.2) is 41.8 Å². The van der Waals surface area contributed by atoms with E-state index in [4.69, 9.17) is 5.73 Å². The van der Waals surface area contributed by atoms with Crippen molar-refractivity contribution in [3.63, 3.8) is 0 Å². The molecule has 1 atom stereocenters. The van der Waals surface area contributed by atoms with Crippen molar-refractivity contribution in [2.45, 2.75) is 18.0 Å². The Hall–Kier alpha value is 0.0600. The molecular weight excluding hydrogens is 201 g/mol. The number of thioether (sulfide) groups is 1. The average molecular weight is 214 g/mol. The molecule has 78 valence electrons. The molecule has 1 aliphatic rings. The summed E-state index contributed by atoms with van der Waals surface area (Å²) >= 11 is 0.0392. The van der Waals surface area contributed by atoms with Crippen molar-refractivity contribution in [3.05, 3.63) is 0 Å². The Morgan fingerprint density at radius 1 is 1.46 bits per heavy atom. The first kappa shape index (κ1) is 11.1. The Bertz CT molecular complexity index is 162. The van der Waals surface area contributed by atoms with Crippen LogP contribution >= 0.6 is 11.8 Å². The highest BCUT2D eigenvalue weighted by Gasteiger charge is 2.28. The lowest BCUT2D eigenvalue weighted by atomic mass is 10.3. The van der Waals surface area contributed by atoms with Gasteiger partial charge >= 0.3 is 5.51 Å². The van der Waals surface area contributed by atoms with Gasteiger partial charge in [-0.25, -0.2) is 0 Å². The largest absolute Gasteiger partial charge is 0.441 e. The predicted octanol–water partition coefficient (Wildman–Crippen LogP) is 1.27. The van der Waals surface area contributed by atoms with Gasteiger partial charge in [0.1, 0.15) is 0 Å². The fourth-order valence-corrected chi connectivity index (χ4v) is 1.94. The Morgan fingerprint density at radius 3 is 2.62 bits per heavy atom. The molecule has 1 saturated heterocycles. The molecule has 0 spiro atoms. The van der Waals surface area contributed by atoms with E-state index in [-0.39, 0.29) is 23.6 Å². The Balaban J connectivity index is 2.07. The third-order valence-electron chi connectivity index (χ3n) is 1.98. The quantitative estimate of drug-likeness (QED) is 0.767. The van der Waals surface area contributed by atoms with Gasteiger partial charge < -0.3 is 10.6 Å². The minimum absolute atomic E-state index is 0.0392. The summed E-state index contributed by atoms with van der Waals surface area (Å²) in [6.45, 7) is 2.05. The standard InChI is InChI=1S/C7H13F3N2S/c8-7(9,10)13-4-3-12-2-1-6(11)5-12/h6H,1-5,11H2. The third kappa shape index (κ3) is 4.73. The van der Waals surface area contributed by atoms with E-state index < -0.39 is 5.51 Å². The summed E-state index contributed by atoms with van der Waals surface area (Å²) in [5.74, 6) is 0.107. The SMILES string of the molecule is NC1CCN(CCSC(F)(F)F)C1. The van der Waals surface area contributed by atoms with Crippen molar-refractivity contribution in [3.8, 4) is 0 Å². The highest BCUT2D eigenvalue weighted by molar-refractivity contribution is 8.00. The monoisotopic (exact) mass is 214 g/mol. The van der Waals surface area contributed by atoms with E-state index in [1.165, 1.54) is 0 Å². The number of nitrogens with zero attached hydrogens (tertiary/aromatic N) is 1. The van der Waals surface area contributed by atoms with Crippen LogP contribution in [0.15, 0.2) is 0 Å². The van der Waals surface area contributed by atoms with E-state index in [9.17, 15) is 13.2 Å². The predicted molar refractivity (Wildman–Crippen MR) is 47.5 cm³/mol. The number of hydrogen-bond acceptors (Lipinski definition) is 3. The maximum absolute atomic E-state index is 11.7. The first-order valence-corrected chi connectivity index (χ1v) is 5.14. The smallest absolute Gasteiger partial charge is 0.326 e. The minimum atomic E-state index is -4.10. The van der Waals surface area contributed by atoms with Crippen LogP contribution < -0.4 is 5.73 Å². The summed E-state index contributed by atoms with van der Waals surface area (Å²) in [7, 11) is 0. The zero-order chi connectivity index (χ0) is 9.90. The molecule has 0 aromatic rings. The molecule has 0 saturated carbocycles. The number of rotatable bonds is 3. The number of hydrogen-bond donors (Lipinski definition) is 1. The maximum atomic E-state index is 11.7. The van der Waals surface area contributed by atoms with Crippen molar-refractivity contribution >= 4 is 11.8 Å². The van der Waals surface area contributed by atoms with Crippen molar-refractivity contribution in [2.24, 2.45) is 5.73 Å². The molecule has 2 nitrogen and oxygen atoms in total. The van der Waals surface area contributed by atoms with Crippen LogP contribution in [0.4, 0.5) is 13.2 Å². The Morgan fingerprint density at radius 2 is 2.15 bits per heavy atom. The molecule has 1 unspecified atom stereocenters. The second-order valence-electron chi connectivity index (χ2n) is 3.14. The van der Waals surface area contributed by atoms with Crippen LogP contribution in [0.25, 0.3) is 0 Å². The molecule has 1 fully saturated rings. The van der Waals surface area contributed by atoms with E-state index in [1.54, 1.807) is 0 Å². The molecule has 13 heavy (non-hydrogen) atoms. The van der Waals surface area contributed by atoms with Crippen LogP contribution in [-0.2, 0) is 0 Å². The zero-order valence-corrected chi connectivity index (χ0v) is 8.00. The van der Waals surface area contributed by atoms with Crippen LogP contribution in [0.1, 0.15) is 6.42 Å². The maximum Gasteiger partial charge on any atom is 0.441 e. The lowest BCUT2D eigenvalue weighted by Gasteiger charge is -2.14. The summed E-state index contributed by atoms with van der Waals surface area (Å²) in [5.41, 5.74) is 1.52. The fourth-order valence-electron chi connectivity index (χ4n) is 1.36. The average Bonchev–Trinajstić information content (AvgIpc) is 2.33. The molecule has 1 heterocycles. The summed E-state index contributed by atoms with van der Waals surface area (Å²) in [5, 5.41) is 0. The molecule has 0 radical (unpaired) electrons. The number of nitrogens with two attached hydrogens (primary N) is 1. The fraction of sp³-hybridized carbons (Fsp3) is 1.00. The number of halogens is 3. The normalized spacial score (nSPS) is 25.4. The van der Waals surface area contributed by atoms with Crippen molar-refractivity contribution in [1.82, 2.24) is 4.90 Å². The Labute approximate surface area is 79.6 Å². The molecule has 0 aromatic carbocycles. The second kappa shape index (κ2) is 4.52. The molecule has 0 bridgehead atoms. The number of alkyl halides is 3. The molecule has 0 aliphatic carbocycles. The van der Waals surface area contributed by atoms with Gasteiger partial charge in [-0.3, -0.25) is 0 Å². The summed E-state index contributed by atoms with van der Waals surface area (Å²) in [6, 6.07) is 0.149. The van der Waals surface area contributed by atoms with Gasteiger partial charge in [0, 0.05) is 24.9 Å². The van der Waals surface area contributed by atoms with Gasteiger partial charge in [0.05, 0.1) is 0 Å². The minimum Gasteiger partial charge on any atom is -0.326 e. The van der Waals surface area contributed by atoms with Crippen LogP contribution in [0.2, 0.25) is 0 Å². The van der Waals surface area contributed by atoms with Gasteiger partial charge in [-0.1, -0.05) is 0 Å². The third-order valence-corrected chi connectivity index (χ3v) is 2.70. The van der Waals surface area contributed by atoms with Crippen molar-refractivity contribution in [1.29, 1.82) is 0 Å². The summed E-state index contributed by atoms with van der Waals surface area (Å²) in [6.07, 6.45) is 0.899. The van der Waals surface area contributed by atoms with E-state index >= 15 is 0 Å². The second-order valence-corrected chi connectivity index (χ2v) is 4.30. The van der Waals surface area contributed by atoms with Gasteiger partial charge in [-0.2, -0.15) is 13.2 Å². The molecule has 0 amide bonds. The number of likely N-dealkylation sites (tertiary alicyclic amines) is 1. The molecule has 2 N–H and O–H groups in total. The van der Waals surface area contributed by atoms with E-state index in [2.05, 4.69) is 0 Å². The molecule has 0 aromatic heterocycles.